The number of alkyl halides is 8. The SMILES string of the molecule is O=C(OCc1cccc(Oc2ccccc2)c1)C(Br)CCl.O=C(OCc1cccc(Oc2ccccc2)c1)C(Cl)CC(Cl)(Cl)Cl.O=C(OCc1cccc(Oc2ccccc2)c1)C(Cl)CCCCl. The van der Waals surface area contributed by atoms with E-state index in [0.29, 0.717) is 36.0 Å². The van der Waals surface area contributed by atoms with Crippen LogP contribution in [0, 0.1) is 0 Å². The lowest BCUT2D eigenvalue weighted by Gasteiger charge is -2.15. The van der Waals surface area contributed by atoms with Gasteiger partial charge in [0.05, 0.1) is 0 Å². The average molecular weight is 1130 g/mol. The predicted molar refractivity (Wildman–Crippen MR) is 276 cm³/mol. The molecule has 0 amide bonds. The lowest BCUT2D eigenvalue weighted by atomic mass is 10.2. The zero-order chi connectivity index (χ0) is 49.2. The first-order valence-corrected chi connectivity index (χ1v) is 24.8. The zero-order valence-electron chi connectivity index (χ0n) is 36.2. The summed E-state index contributed by atoms with van der Waals surface area (Å²) in [5.74, 6) is 3.47. The Morgan fingerprint density at radius 1 is 0.471 bits per heavy atom. The van der Waals surface area contributed by atoms with Crippen molar-refractivity contribution in [2.24, 2.45) is 0 Å². The molecule has 3 unspecified atom stereocenters. The number of para-hydroxylation sites is 3. The van der Waals surface area contributed by atoms with Gasteiger partial charge in [-0.3, -0.25) is 14.4 Å². The highest BCUT2D eigenvalue weighted by Gasteiger charge is 2.29. The predicted octanol–water partition coefficient (Wildman–Crippen LogP) is 15.6. The molecule has 6 aromatic carbocycles. The van der Waals surface area contributed by atoms with Gasteiger partial charge in [-0.2, -0.15) is 0 Å². The average Bonchev–Trinajstić information content (AvgIpc) is 3.34. The van der Waals surface area contributed by atoms with Crippen molar-refractivity contribution in [1.29, 1.82) is 0 Å². The first-order chi connectivity index (χ1) is 32.7. The molecule has 0 bridgehead atoms. The number of rotatable bonds is 20. The van der Waals surface area contributed by atoms with Crippen LogP contribution in [0.15, 0.2) is 164 Å². The summed E-state index contributed by atoms with van der Waals surface area (Å²) in [6.07, 6.45) is 1.07. The van der Waals surface area contributed by atoms with Crippen LogP contribution in [0.2, 0.25) is 0 Å². The molecule has 0 aliphatic carbocycles. The van der Waals surface area contributed by atoms with E-state index in [9.17, 15) is 14.4 Å². The summed E-state index contributed by atoms with van der Waals surface area (Å²) in [7, 11) is 0. The van der Waals surface area contributed by atoms with Crippen molar-refractivity contribution in [2.45, 2.75) is 58.5 Å². The maximum atomic E-state index is 11.8. The molecule has 0 N–H and O–H groups in total. The molecule has 6 aromatic rings. The summed E-state index contributed by atoms with van der Waals surface area (Å²) in [6.45, 7) is 0.395. The van der Waals surface area contributed by atoms with Gasteiger partial charge in [0.1, 0.15) is 69.9 Å². The molecule has 68 heavy (non-hydrogen) atoms. The Balaban J connectivity index is 0.000000223. The minimum absolute atomic E-state index is 0.0495. The first-order valence-electron chi connectivity index (χ1n) is 20.8. The summed E-state index contributed by atoms with van der Waals surface area (Å²) in [5, 5.41) is -1.68. The van der Waals surface area contributed by atoms with E-state index in [1.807, 2.05) is 152 Å². The summed E-state index contributed by atoms with van der Waals surface area (Å²) in [6, 6.07) is 50.4. The fourth-order valence-electron chi connectivity index (χ4n) is 5.43. The van der Waals surface area contributed by atoms with Gasteiger partial charge in [-0.05, 0) is 102 Å². The molecule has 0 aromatic heterocycles. The van der Waals surface area contributed by atoms with E-state index in [0.717, 1.165) is 33.9 Å². The minimum atomic E-state index is -1.60. The van der Waals surface area contributed by atoms with E-state index in [4.69, 9.17) is 110 Å². The molecule has 0 heterocycles. The maximum absolute atomic E-state index is 11.8. The second kappa shape index (κ2) is 31.0. The van der Waals surface area contributed by atoms with Crippen molar-refractivity contribution < 1.29 is 42.8 Å². The third-order valence-corrected chi connectivity index (χ3v) is 11.5. The Morgan fingerprint density at radius 2 is 0.809 bits per heavy atom. The maximum Gasteiger partial charge on any atom is 0.324 e. The highest BCUT2D eigenvalue weighted by molar-refractivity contribution is 9.10. The number of benzene rings is 6. The van der Waals surface area contributed by atoms with E-state index < -0.39 is 31.3 Å². The summed E-state index contributed by atoms with van der Waals surface area (Å²) < 4.78 is 31.1. The molecule has 0 fully saturated rings. The van der Waals surface area contributed by atoms with Crippen molar-refractivity contribution in [2.75, 3.05) is 11.8 Å². The molecule has 17 heteroatoms. The van der Waals surface area contributed by atoms with Gasteiger partial charge in [-0.15, -0.1) is 46.4 Å². The van der Waals surface area contributed by atoms with Crippen molar-refractivity contribution in [3.8, 4) is 34.5 Å². The highest BCUT2D eigenvalue weighted by Crippen LogP contribution is 2.33. The molecule has 0 aliphatic heterocycles. The molecule has 0 saturated heterocycles. The van der Waals surface area contributed by atoms with Crippen LogP contribution in [0.3, 0.4) is 0 Å². The monoisotopic (exact) mass is 1130 g/mol. The van der Waals surface area contributed by atoms with E-state index in [1.165, 1.54) is 0 Å². The van der Waals surface area contributed by atoms with Crippen LogP contribution in [0.5, 0.6) is 34.5 Å². The molecule has 9 nitrogen and oxygen atoms in total. The number of hydrogen-bond acceptors (Lipinski definition) is 9. The molecular weight excluding hydrogens is 1080 g/mol. The summed E-state index contributed by atoms with van der Waals surface area (Å²) >= 11 is 43.0. The van der Waals surface area contributed by atoms with Gasteiger partial charge >= 0.3 is 17.9 Å². The molecule has 0 saturated carbocycles. The number of carbonyl (C=O) groups excluding carboxylic acids is 3. The zero-order valence-corrected chi connectivity index (χ0v) is 43.1. The standard InChI is InChI=1S/C18H18Cl2O3.C17H14Cl4O3.C16H14BrClO3/c19-11-5-10-17(20)18(21)22-13-14-6-4-9-16(12-14)23-15-7-2-1-3-8-15;18-15(10-17(19,20)21)16(22)23-11-12-5-4-8-14(9-12)24-13-6-2-1-3-7-13;17-15(10-18)16(19)20-11-12-5-4-8-14(9-12)21-13-6-2-1-3-7-13/h1-4,6-9,12,17H,5,10-11,13H2;1-9,15H,10-11H2;1-9,15H,10-11H2. The highest BCUT2D eigenvalue weighted by atomic mass is 79.9. The number of halogens is 8. The van der Waals surface area contributed by atoms with Crippen molar-refractivity contribution in [1.82, 2.24) is 0 Å². The second-order valence-electron chi connectivity index (χ2n) is 14.2. The number of hydrogen-bond donors (Lipinski definition) is 0. The Labute approximate surface area is 439 Å². The van der Waals surface area contributed by atoms with Crippen LogP contribution in [-0.2, 0) is 48.4 Å². The van der Waals surface area contributed by atoms with Crippen LogP contribution in [0.25, 0.3) is 0 Å². The number of carbonyl (C=O) groups is 3. The third-order valence-electron chi connectivity index (χ3n) is 8.68. The molecule has 0 aliphatic rings. The van der Waals surface area contributed by atoms with E-state index in [1.54, 1.807) is 12.1 Å². The number of ether oxygens (including phenoxy) is 6. The Kier molecular flexibility index (Phi) is 25.6. The van der Waals surface area contributed by atoms with Gasteiger partial charge in [0.15, 0.2) is 3.79 Å². The van der Waals surface area contributed by atoms with Gasteiger partial charge in [-0.25, -0.2) is 0 Å². The van der Waals surface area contributed by atoms with Crippen LogP contribution in [0.4, 0.5) is 0 Å². The van der Waals surface area contributed by atoms with Crippen molar-refractivity contribution >= 4 is 115 Å². The Bertz CT molecular complexity index is 2410. The Morgan fingerprint density at radius 3 is 1.15 bits per heavy atom. The molecule has 0 radical (unpaired) electrons. The van der Waals surface area contributed by atoms with Gasteiger partial charge < -0.3 is 28.4 Å². The summed E-state index contributed by atoms with van der Waals surface area (Å²) in [5.41, 5.74) is 2.45. The number of esters is 3. The molecule has 360 valence electrons. The van der Waals surface area contributed by atoms with Crippen LogP contribution >= 0.6 is 97.1 Å². The van der Waals surface area contributed by atoms with E-state index in [2.05, 4.69) is 15.9 Å². The van der Waals surface area contributed by atoms with Gasteiger partial charge in [-0.1, -0.05) is 142 Å². The molecule has 3 atom stereocenters. The smallest absolute Gasteiger partial charge is 0.324 e. The normalized spacial score (nSPS) is 12.0. The van der Waals surface area contributed by atoms with Crippen LogP contribution in [0.1, 0.15) is 36.0 Å². The van der Waals surface area contributed by atoms with Crippen LogP contribution in [-0.4, -0.2) is 49.0 Å². The lowest BCUT2D eigenvalue weighted by molar-refractivity contribution is -0.145. The third kappa shape index (κ3) is 22.8. The van der Waals surface area contributed by atoms with E-state index in [-0.39, 0.29) is 38.1 Å². The van der Waals surface area contributed by atoms with Crippen molar-refractivity contribution in [3.05, 3.63) is 180 Å². The van der Waals surface area contributed by atoms with Gasteiger partial charge in [0.2, 0.25) is 0 Å². The van der Waals surface area contributed by atoms with Gasteiger partial charge in [0, 0.05) is 18.2 Å². The Hall–Kier alpha value is -4.36. The van der Waals surface area contributed by atoms with E-state index >= 15 is 0 Å². The lowest BCUT2D eigenvalue weighted by Crippen LogP contribution is -2.23. The summed E-state index contributed by atoms with van der Waals surface area (Å²) in [4.78, 5) is 34.6. The molecule has 6 rings (SSSR count). The quantitative estimate of drug-likeness (QED) is 0.0420. The van der Waals surface area contributed by atoms with Crippen LogP contribution < -0.4 is 14.2 Å². The fourth-order valence-corrected chi connectivity index (χ4v) is 7.05. The molecule has 0 spiro atoms. The first kappa shape index (κ1) is 56.2. The topological polar surface area (TPSA) is 107 Å². The fraction of sp³-hybridized carbons (Fsp3) is 0.235. The largest absolute Gasteiger partial charge is 0.460 e. The van der Waals surface area contributed by atoms with Crippen molar-refractivity contribution in [3.63, 3.8) is 0 Å². The minimum Gasteiger partial charge on any atom is -0.460 e. The van der Waals surface area contributed by atoms with Gasteiger partial charge in [0.25, 0.3) is 0 Å². The second-order valence-corrected chi connectivity index (χ2v) is 19.6. The molecular formula is C51H46BrCl7O9.